The zero-order valence-corrected chi connectivity index (χ0v) is 11.7. The van der Waals surface area contributed by atoms with E-state index in [1.54, 1.807) is 6.92 Å². The third-order valence-electron chi connectivity index (χ3n) is 3.53. The molecular formula is C13H11BrF3NO. The lowest BCUT2D eigenvalue weighted by Gasteiger charge is -2.26. The number of hydrogen-bond donors (Lipinski definition) is 0. The van der Waals surface area contributed by atoms with Crippen LogP contribution in [0.4, 0.5) is 13.2 Å². The summed E-state index contributed by atoms with van der Waals surface area (Å²) in [7, 11) is 0. The number of nitrogens with zero attached hydrogens (tertiary/aromatic N) is 1. The Kier molecular flexibility index (Phi) is 3.63. The van der Waals surface area contributed by atoms with E-state index >= 15 is 0 Å². The summed E-state index contributed by atoms with van der Waals surface area (Å²) in [5.41, 5.74) is -1.44. The summed E-state index contributed by atoms with van der Waals surface area (Å²) in [4.78, 5) is 0. The van der Waals surface area contributed by atoms with E-state index in [1.807, 2.05) is 0 Å². The van der Waals surface area contributed by atoms with Crippen LogP contribution < -0.4 is 0 Å². The lowest BCUT2D eigenvalue weighted by atomic mass is 9.76. The first-order valence-electron chi connectivity index (χ1n) is 5.71. The Labute approximate surface area is 117 Å². The molecule has 0 radical (unpaired) electrons. The van der Waals surface area contributed by atoms with Gasteiger partial charge < -0.3 is 4.74 Å². The molecule has 1 saturated heterocycles. The summed E-state index contributed by atoms with van der Waals surface area (Å²) in [6, 6.07) is 5.52. The standard InChI is InChI=1S/C13H11BrF3NO/c1-8-12(7-18,4-5-19-8)10-6-9(13(15,16)17)2-3-11(10)14/h2-3,6,8H,4-5H2,1H3. The van der Waals surface area contributed by atoms with Crippen LogP contribution in [0, 0.1) is 11.3 Å². The van der Waals surface area contributed by atoms with E-state index in [-0.39, 0.29) is 0 Å². The molecule has 1 heterocycles. The zero-order valence-electron chi connectivity index (χ0n) is 10.1. The second kappa shape index (κ2) is 4.80. The van der Waals surface area contributed by atoms with Gasteiger partial charge in [-0.05, 0) is 37.1 Å². The highest BCUT2D eigenvalue weighted by Gasteiger charge is 2.45. The van der Waals surface area contributed by atoms with Crippen LogP contribution in [-0.4, -0.2) is 12.7 Å². The predicted octanol–water partition coefficient (Wildman–Crippen LogP) is 4.04. The van der Waals surface area contributed by atoms with Crippen molar-refractivity contribution in [2.45, 2.75) is 31.0 Å². The summed E-state index contributed by atoms with van der Waals surface area (Å²) in [5, 5.41) is 9.43. The fourth-order valence-corrected chi connectivity index (χ4v) is 2.95. The fourth-order valence-electron chi connectivity index (χ4n) is 2.35. The molecule has 2 atom stereocenters. The quantitative estimate of drug-likeness (QED) is 0.777. The van der Waals surface area contributed by atoms with Crippen LogP contribution in [0.15, 0.2) is 22.7 Å². The molecule has 0 amide bonds. The van der Waals surface area contributed by atoms with E-state index in [0.717, 1.165) is 12.1 Å². The van der Waals surface area contributed by atoms with Crippen molar-refractivity contribution in [3.05, 3.63) is 33.8 Å². The predicted molar refractivity (Wildman–Crippen MR) is 66.5 cm³/mol. The fraction of sp³-hybridized carbons (Fsp3) is 0.462. The van der Waals surface area contributed by atoms with Crippen LogP contribution in [0.3, 0.4) is 0 Å². The molecule has 2 nitrogen and oxygen atoms in total. The van der Waals surface area contributed by atoms with Gasteiger partial charge >= 0.3 is 6.18 Å². The van der Waals surface area contributed by atoms with E-state index in [1.165, 1.54) is 6.07 Å². The molecule has 0 N–H and O–H groups in total. The van der Waals surface area contributed by atoms with E-state index in [4.69, 9.17) is 4.74 Å². The Morgan fingerprint density at radius 3 is 2.63 bits per heavy atom. The molecule has 1 fully saturated rings. The second-order valence-electron chi connectivity index (χ2n) is 4.54. The highest BCUT2D eigenvalue weighted by atomic mass is 79.9. The summed E-state index contributed by atoms with van der Waals surface area (Å²) in [5.74, 6) is 0. The van der Waals surface area contributed by atoms with Gasteiger partial charge in [0.05, 0.1) is 17.7 Å². The maximum absolute atomic E-state index is 12.8. The first-order chi connectivity index (χ1) is 8.81. The van der Waals surface area contributed by atoms with Crippen LogP contribution in [0.25, 0.3) is 0 Å². The minimum atomic E-state index is -4.42. The molecule has 102 valence electrons. The van der Waals surface area contributed by atoms with Crippen molar-refractivity contribution in [3.63, 3.8) is 0 Å². The van der Waals surface area contributed by atoms with Crippen molar-refractivity contribution in [1.82, 2.24) is 0 Å². The van der Waals surface area contributed by atoms with Gasteiger partial charge in [0.15, 0.2) is 0 Å². The van der Waals surface area contributed by atoms with Crippen LogP contribution in [0.5, 0.6) is 0 Å². The van der Waals surface area contributed by atoms with Gasteiger partial charge in [-0.3, -0.25) is 0 Å². The molecule has 1 aliphatic rings. The van der Waals surface area contributed by atoms with Crippen molar-refractivity contribution in [2.24, 2.45) is 0 Å². The smallest absolute Gasteiger partial charge is 0.376 e. The molecule has 19 heavy (non-hydrogen) atoms. The second-order valence-corrected chi connectivity index (χ2v) is 5.39. The number of ether oxygens (including phenoxy) is 1. The summed E-state index contributed by atoms with van der Waals surface area (Å²) in [6.45, 7) is 2.08. The Hall–Kier alpha value is -1.06. The highest BCUT2D eigenvalue weighted by molar-refractivity contribution is 9.10. The Morgan fingerprint density at radius 2 is 2.16 bits per heavy atom. The summed E-state index contributed by atoms with van der Waals surface area (Å²) >= 11 is 3.24. The minimum Gasteiger partial charge on any atom is -0.376 e. The van der Waals surface area contributed by atoms with E-state index < -0.39 is 23.3 Å². The molecule has 2 rings (SSSR count). The third-order valence-corrected chi connectivity index (χ3v) is 4.22. The molecule has 2 unspecified atom stereocenters. The molecule has 1 aromatic carbocycles. The van der Waals surface area contributed by atoms with Crippen molar-refractivity contribution in [2.75, 3.05) is 6.61 Å². The molecule has 0 saturated carbocycles. The molecule has 0 aliphatic carbocycles. The molecule has 6 heteroatoms. The van der Waals surface area contributed by atoms with Crippen molar-refractivity contribution in [3.8, 4) is 6.07 Å². The number of rotatable bonds is 1. The van der Waals surface area contributed by atoms with Crippen molar-refractivity contribution >= 4 is 15.9 Å². The maximum Gasteiger partial charge on any atom is 0.416 e. The number of halogens is 4. The van der Waals surface area contributed by atoms with Gasteiger partial charge in [-0.25, -0.2) is 0 Å². The Balaban J connectivity index is 2.59. The van der Waals surface area contributed by atoms with E-state index in [2.05, 4.69) is 22.0 Å². The summed E-state index contributed by atoms with van der Waals surface area (Å²) in [6.07, 6.45) is -4.46. The third kappa shape index (κ3) is 2.37. The van der Waals surface area contributed by atoms with Gasteiger partial charge in [0.25, 0.3) is 0 Å². The molecule has 0 bridgehead atoms. The van der Waals surface area contributed by atoms with Crippen LogP contribution in [0.2, 0.25) is 0 Å². The maximum atomic E-state index is 12.8. The van der Waals surface area contributed by atoms with Gasteiger partial charge in [0.2, 0.25) is 0 Å². The molecule has 1 aromatic rings. The lowest BCUT2D eigenvalue weighted by Crippen LogP contribution is -2.32. The van der Waals surface area contributed by atoms with Crippen LogP contribution in [-0.2, 0) is 16.3 Å². The monoisotopic (exact) mass is 333 g/mol. The van der Waals surface area contributed by atoms with Gasteiger partial charge in [-0.1, -0.05) is 15.9 Å². The van der Waals surface area contributed by atoms with Gasteiger partial charge in [-0.2, -0.15) is 18.4 Å². The normalized spacial score (nSPS) is 27.3. The van der Waals surface area contributed by atoms with Crippen molar-refractivity contribution < 1.29 is 17.9 Å². The average Bonchev–Trinajstić information content (AvgIpc) is 2.70. The SMILES string of the molecule is CC1OCCC1(C#N)c1cc(C(F)(F)F)ccc1Br. The Morgan fingerprint density at radius 1 is 1.47 bits per heavy atom. The lowest BCUT2D eigenvalue weighted by molar-refractivity contribution is -0.137. The number of benzene rings is 1. The van der Waals surface area contributed by atoms with Crippen LogP contribution >= 0.6 is 15.9 Å². The summed E-state index contributed by atoms with van der Waals surface area (Å²) < 4.78 is 44.2. The molecule has 0 aromatic heterocycles. The number of alkyl halides is 3. The highest BCUT2D eigenvalue weighted by Crippen LogP contribution is 2.43. The van der Waals surface area contributed by atoms with Gasteiger partial charge in [-0.15, -0.1) is 0 Å². The number of nitriles is 1. The zero-order chi connectivity index (χ0) is 14.3. The first-order valence-corrected chi connectivity index (χ1v) is 6.50. The molecule has 1 aliphatic heterocycles. The van der Waals surface area contributed by atoms with E-state index in [0.29, 0.717) is 23.1 Å². The minimum absolute atomic E-state index is 0.342. The topological polar surface area (TPSA) is 33.0 Å². The van der Waals surface area contributed by atoms with Gasteiger partial charge in [0.1, 0.15) is 5.41 Å². The largest absolute Gasteiger partial charge is 0.416 e. The van der Waals surface area contributed by atoms with E-state index in [9.17, 15) is 18.4 Å². The van der Waals surface area contributed by atoms with Crippen LogP contribution in [0.1, 0.15) is 24.5 Å². The molecule has 0 spiro atoms. The van der Waals surface area contributed by atoms with Crippen molar-refractivity contribution in [1.29, 1.82) is 5.26 Å². The first kappa shape index (κ1) is 14.4. The Bertz CT molecular complexity index is 538. The average molecular weight is 334 g/mol. The number of hydrogen-bond acceptors (Lipinski definition) is 2. The molecular weight excluding hydrogens is 323 g/mol. The van der Waals surface area contributed by atoms with Gasteiger partial charge in [0, 0.05) is 11.1 Å².